The fraction of sp³-hybridized carbons (Fsp3) is 0.375. The van der Waals surface area contributed by atoms with E-state index < -0.39 is 0 Å². The lowest BCUT2D eigenvalue weighted by Gasteiger charge is -2.30. The molecule has 2 aliphatic heterocycles. The van der Waals surface area contributed by atoms with Crippen LogP contribution in [-0.4, -0.2) is 47.9 Å². The molecule has 0 aliphatic carbocycles. The van der Waals surface area contributed by atoms with Crippen LogP contribution < -0.4 is 14.2 Å². The summed E-state index contributed by atoms with van der Waals surface area (Å²) >= 11 is 0. The van der Waals surface area contributed by atoms with Gasteiger partial charge in [-0.3, -0.25) is 4.79 Å². The molecular weight excluding hydrogens is 410 g/mol. The lowest BCUT2D eigenvalue weighted by molar-refractivity contribution is -0.132. The van der Waals surface area contributed by atoms with E-state index in [9.17, 15) is 4.79 Å². The summed E-state index contributed by atoms with van der Waals surface area (Å²) in [5.41, 5.74) is 1.88. The number of likely N-dealkylation sites (tertiary alicyclic amines) is 1. The normalized spacial score (nSPS) is 15.7. The Morgan fingerprint density at radius 1 is 1.12 bits per heavy atom. The summed E-state index contributed by atoms with van der Waals surface area (Å²) in [6, 6.07) is 13.4. The van der Waals surface area contributed by atoms with E-state index in [-0.39, 0.29) is 18.6 Å². The number of piperidine rings is 1. The van der Waals surface area contributed by atoms with Gasteiger partial charge < -0.3 is 23.6 Å². The molecule has 0 atom stereocenters. The predicted octanol–water partition coefficient (Wildman–Crippen LogP) is 3.81. The molecule has 1 fully saturated rings. The molecule has 8 nitrogen and oxygen atoms in total. The number of carbonyl (C=O) groups is 1. The van der Waals surface area contributed by atoms with Gasteiger partial charge in [-0.2, -0.15) is 4.98 Å². The van der Waals surface area contributed by atoms with Crippen molar-refractivity contribution in [3.8, 4) is 28.6 Å². The van der Waals surface area contributed by atoms with Crippen LogP contribution in [0.15, 0.2) is 47.0 Å². The second-order valence-electron chi connectivity index (χ2n) is 7.99. The molecule has 3 aromatic rings. The van der Waals surface area contributed by atoms with Gasteiger partial charge in [0.1, 0.15) is 5.75 Å². The highest BCUT2D eigenvalue weighted by molar-refractivity contribution is 5.76. The van der Waals surface area contributed by atoms with Crippen molar-refractivity contribution in [1.82, 2.24) is 15.0 Å². The maximum absolute atomic E-state index is 12.7. The van der Waals surface area contributed by atoms with Crippen molar-refractivity contribution < 1.29 is 23.5 Å². The topological polar surface area (TPSA) is 86.9 Å². The molecular formula is C24H25N3O5. The van der Waals surface area contributed by atoms with E-state index in [0.717, 1.165) is 35.5 Å². The van der Waals surface area contributed by atoms with Crippen molar-refractivity contribution in [1.29, 1.82) is 0 Å². The van der Waals surface area contributed by atoms with Gasteiger partial charge in [0.2, 0.25) is 24.4 Å². The molecule has 0 unspecified atom stereocenters. The number of para-hydroxylation sites is 1. The van der Waals surface area contributed by atoms with Crippen molar-refractivity contribution in [2.24, 2.45) is 0 Å². The van der Waals surface area contributed by atoms with E-state index in [0.29, 0.717) is 43.4 Å². The van der Waals surface area contributed by atoms with Gasteiger partial charge in [-0.1, -0.05) is 23.4 Å². The van der Waals surface area contributed by atoms with E-state index in [1.165, 1.54) is 0 Å². The average molecular weight is 435 g/mol. The lowest BCUT2D eigenvalue weighted by Crippen LogP contribution is -2.38. The van der Waals surface area contributed by atoms with Gasteiger partial charge in [-0.05, 0) is 49.1 Å². The zero-order valence-corrected chi connectivity index (χ0v) is 18.0. The molecule has 5 rings (SSSR count). The molecule has 3 heterocycles. The van der Waals surface area contributed by atoms with Crippen LogP contribution in [0.5, 0.6) is 17.2 Å². The number of carbonyl (C=O) groups excluding carboxylic acids is 1. The van der Waals surface area contributed by atoms with Crippen LogP contribution in [0.3, 0.4) is 0 Å². The van der Waals surface area contributed by atoms with Crippen LogP contribution in [0, 0.1) is 0 Å². The first-order chi connectivity index (χ1) is 15.7. The summed E-state index contributed by atoms with van der Waals surface area (Å²) in [5, 5.41) is 4.15. The highest BCUT2D eigenvalue weighted by Gasteiger charge is 2.28. The minimum absolute atomic E-state index is 0.156. The molecule has 0 N–H and O–H groups in total. The van der Waals surface area contributed by atoms with Gasteiger partial charge in [0.25, 0.3) is 0 Å². The van der Waals surface area contributed by atoms with E-state index in [1.807, 2.05) is 47.4 Å². The molecule has 1 amide bonds. The molecule has 0 bridgehead atoms. The number of fused-ring (bicyclic) bond motifs is 1. The summed E-state index contributed by atoms with van der Waals surface area (Å²) in [4.78, 5) is 19.2. The number of hydrogen-bond donors (Lipinski definition) is 0. The van der Waals surface area contributed by atoms with Gasteiger partial charge in [-0.25, -0.2) is 0 Å². The maximum atomic E-state index is 12.7. The van der Waals surface area contributed by atoms with Crippen molar-refractivity contribution in [2.45, 2.75) is 31.6 Å². The van der Waals surface area contributed by atoms with Crippen LogP contribution in [0.25, 0.3) is 11.4 Å². The Hall–Kier alpha value is -3.55. The van der Waals surface area contributed by atoms with Crippen molar-refractivity contribution in [3.63, 3.8) is 0 Å². The highest BCUT2D eigenvalue weighted by Crippen LogP contribution is 2.36. The molecule has 2 aromatic carbocycles. The number of rotatable bonds is 6. The number of ether oxygens (including phenoxy) is 3. The molecule has 2 aliphatic rings. The number of amides is 1. The molecule has 1 aromatic heterocycles. The third-order valence-corrected chi connectivity index (χ3v) is 6.07. The van der Waals surface area contributed by atoms with Crippen LogP contribution in [0.2, 0.25) is 0 Å². The second kappa shape index (κ2) is 8.90. The molecule has 8 heteroatoms. The zero-order valence-electron chi connectivity index (χ0n) is 18.0. The highest BCUT2D eigenvalue weighted by atomic mass is 16.7. The minimum atomic E-state index is 0.156. The Labute approximate surface area is 186 Å². The van der Waals surface area contributed by atoms with Crippen LogP contribution >= 0.6 is 0 Å². The molecule has 0 saturated carbocycles. The Morgan fingerprint density at radius 2 is 1.94 bits per heavy atom. The van der Waals surface area contributed by atoms with Crippen molar-refractivity contribution in [3.05, 3.63) is 53.9 Å². The Bertz CT molecular complexity index is 1100. The fourth-order valence-electron chi connectivity index (χ4n) is 4.24. The first-order valence-corrected chi connectivity index (χ1v) is 10.8. The van der Waals surface area contributed by atoms with Crippen molar-refractivity contribution >= 4 is 5.91 Å². The largest absolute Gasteiger partial charge is 0.496 e. The Kier molecular flexibility index (Phi) is 5.66. The van der Waals surface area contributed by atoms with Crippen LogP contribution in [-0.2, 0) is 11.2 Å². The van der Waals surface area contributed by atoms with E-state index in [1.54, 1.807) is 7.11 Å². The van der Waals surface area contributed by atoms with Gasteiger partial charge in [0.15, 0.2) is 11.5 Å². The summed E-state index contributed by atoms with van der Waals surface area (Å²) in [6.45, 7) is 1.61. The quantitative estimate of drug-likeness (QED) is 0.582. The van der Waals surface area contributed by atoms with Gasteiger partial charge in [0.05, 0.1) is 7.11 Å². The molecule has 32 heavy (non-hydrogen) atoms. The number of methoxy groups -OCH3 is 1. The third kappa shape index (κ3) is 4.12. The van der Waals surface area contributed by atoms with Crippen molar-refractivity contribution in [2.75, 3.05) is 27.0 Å². The fourth-order valence-corrected chi connectivity index (χ4v) is 4.24. The minimum Gasteiger partial charge on any atom is -0.496 e. The second-order valence-corrected chi connectivity index (χ2v) is 7.99. The lowest BCUT2D eigenvalue weighted by atomic mass is 9.96. The number of aromatic nitrogens is 2. The predicted molar refractivity (Wildman–Crippen MR) is 116 cm³/mol. The average Bonchev–Trinajstić information content (AvgIpc) is 3.52. The zero-order chi connectivity index (χ0) is 21.9. The summed E-state index contributed by atoms with van der Waals surface area (Å²) in [5.74, 6) is 3.72. The number of aryl methyl sites for hydroxylation is 1. The summed E-state index contributed by atoms with van der Waals surface area (Å²) in [6.07, 6.45) is 2.76. The SMILES string of the molecule is COc1ccccc1CCC(=O)N1CCC(c2nc(-c3ccc4c(c3)OCO4)no2)CC1. The molecule has 166 valence electrons. The van der Waals surface area contributed by atoms with Gasteiger partial charge in [0, 0.05) is 31.0 Å². The standard InChI is InChI=1S/C24H25N3O5/c1-29-19-5-3-2-4-16(19)7-9-22(28)27-12-10-17(11-13-27)24-25-23(26-32-24)18-6-8-20-21(14-18)31-15-30-20/h2-6,8,14,17H,7,9-13,15H2,1H3. The molecule has 1 saturated heterocycles. The monoisotopic (exact) mass is 435 g/mol. The Balaban J connectivity index is 1.16. The Morgan fingerprint density at radius 3 is 2.78 bits per heavy atom. The third-order valence-electron chi connectivity index (χ3n) is 6.07. The first-order valence-electron chi connectivity index (χ1n) is 10.8. The molecule has 0 spiro atoms. The van der Waals surface area contributed by atoms with E-state index >= 15 is 0 Å². The summed E-state index contributed by atoms with van der Waals surface area (Å²) < 4.78 is 21.7. The number of benzene rings is 2. The van der Waals surface area contributed by atoms with Crippen LogP contribution in [0.1, 0.15) is 36.6 Å². The van der Waals surface area contributed by atoms with E-state index in [4.69, 9.17) is 18.7 Å². The van der Waals surface area contributed by atoms with Crippen LogP contribution in [0.4, 0.5) is 0 Å². The maximum Gasteiger partial charge on any atom is 0.231 e. The van der Waals surface area contributed by atoms with Gasteiger partial charge >= 0.3 is 0 Å². The number of nitrogens with zero attached hydrogens (tertiary/aromatic N) is 3. The first kappa shape index (κ1) is 20.4. The van der Waals surface area contributed by atoms with E-state index in [2.05, 4.69) is 10.1 Å². The summed E-state index contributed by atoms with van der Waals surface area (Å²) in [7, 11) is 1.65. The van der Waals surface area contributed by atoms with Gasteiger partial charge in [-0.15, -0.1) is 0 Å². The number of hydrogen-bond acceptors (Lipinski definition) is 7. The smallest absolute Gasteiger partial charge is 0.231 e. The molecule has 0 radical (unpaired) electrons.